The van der Waals surface area contributed by atoms with E-state index in [1.54, 1.807) is 0 Å². The Hall–Kier alpha value is -1.14. The number of hydrogen-bond donors (Lipinski definition) is 2. The van der Waals surface area contributed by atoms with E-state index < -0.39 is 11.7 Å². The van der Waals surface area contributed by atoms with E-state index in [-0.39, 0.29) is 41.3 Å². The Labute approximate surface area is 230 Å². The maximum atomic E-state index is 12.8. The molecule has 38 heavy (non-hydrogen) atoms. The molecule has 6 heteroatoms. The van der Waals surface area contributed by atoms with E-state index in [1.807, 2.05) is 25.7 Å². The Balaban J connectivity index is 1.19. The Morgan fingerprint density at radius 1 is 0.974 bits per heavy atom. The largest absolute Gasteiger partial charge is 0.444 e. The van der Waals surface area contributed by atoms with E-state index in [0.29, 0.717) is 35.9 Å². The summed E-state index contributed by atoms with van der Waals surface area (Å²) < 4.78 is 5.56. The minimum absolute atomic E-state index is 0.0534. The van der Waals surface area contributed by atoms with E-state index >= 15 is 0 Å². The SMILES string of the molecule is CC(C)(C)OC(=O)N1CCC(CCC2CC[C@]3(C)C4CC[C@]5(C)C(=O)CCC5C4[C@H](O)[C@H](CO)C3C2)CC1. The van der Waals surface area contributed by atoms with Gasteiger partial charge in [-0.3, -0.25) is 4.79 Å². The lowest BCUT2D eigenvalue weighted by atomic mass is 9.41. The van der Waals surface area contributed by atoms with Crippen molar-refractivity contribution in [3.63, 3.8) is 0 Å². The van der Waals surface area contributed by atoms with Crippen molar-refractivity contribution in [3.05, 3.63) is 0 Å². The maximum absolute atomic E-state index is 12.8. The van der Waals surface area contributed by atoms with Gasteiger partial charge in [0.2, 0.25) is 0 Å². The normalized spacial score (nSPS) is 43.8. The molecule has 1 saturated heterocycles. The van der Waals surface area contributed by atoms with E-state index in [9.17, 15) is 19.8 Å². The van der Waals surface area contributed by atoms with Gasteiger partial charge in [0.05, 0.1) is 6.10 Å². The average Bonchev–Trinajstić information content (AvgIpc) is 3.17. The lowest BCUT2D eigenvalue weighted by molar-refractivity contribution is -0.201. The van der Waals surface area contributed by atoms with Gasteiger partial charge < -0.3 is 19.8 Å². The highest BCUT2D eigenvalue weighted by Crippen LogP contribution is 2.67. The first-order valence-corrected chi connectivity index (χ1v) is 15.7. The van der Waals surface area contributed by atoms with E-state index in [4.69, 9.17) is 4.74 Å². The van der Waals surface area contributed by atoms with Crippen LogP contribution in [0.2, 0.25) is 0 Å². The van der Waals surface area contributed by atoms with Gasteiger partial charge in [-0.25, -0.2) is 4.79 Å². The zero-order chi connectivity index (χ0) is 27.5. The van der Waals surface area contributed by atoms with Gasteiger partial charge in [0.25, 0.3) is 0 Å². The summed E-state index contributed by atoms with van der Waals surface area (Å²) in [6.45, 7) is 12.0. The topological polar surface area (TPSA) is 87.1 Å². The van der Waals surface area contributed by atoms with Crippen molar-refractivity contribution in [1.82, 2.24) is 4.90 Å². The zero-order valence-corrected chi connectivity index (χ0v) is 24.6. The summed E-state index contributed by atoms with van der Waals surface area (Å²) in [5.74, 6) is 2.90. The first-order chi connectivity index (χ1) is 17.9. The van der Waals surface area contributed by atoms with Crippen LogP contribution in [0.1, 0.15) is 105 Å². The van der Waals surface area contributed by atoms with Gasteiger partial charge in [0.15, 0.2) is 0 Å². The Kier molecular flexibility index (Phi) is 7.74. The number of rotatable bonds is 4. The van der Waals surface area contributed by atoms with Crippen molar-refractivity contribution in [2.75, 3.05) is 19.7 Å². The number of carbonyl (C=O) groups is 2. The van der Waals surface area contributed by atoms with Crippen molar-refractivity contribution in [3.8, 4) is 0 Å². The number of ketones is 1. The molecule has 0 spiro atoms. The van der Waals surface area contributed by atoms with Crippen molar-refractivity contribution < 1.29 is 24.5 Å². The van der Waals surface area contributed by atoms with Crippen LogP contribution in [0.25, 0.3) is 0 Å². The lowest BCUT2D eigenvalue weighted by Crippen LogP contribution is -2.62. The number of Topliss-reactive ketones (excluding diaryl/α,β-unsaturated/α-hetero) is 1. The predicted octanol–water partition coefficient (Wildman–Crippen LogP) is 5.83. The molecule has 1 heterocycles. The minimum Gasteiger partial charge on any atom is -0.444 e. The molecule has 6 nitrogen and oxygen atoms in total. The van der Waals surface area contributed by atoms with Crippen molar-refractivity contribution in [1.29, 1.82) is 0 Å². The van der Waals surface area contributed by atoms with Crippen LogP contribution in [0, 0.1) is 52.3 Å². The van der Waals surface area contributed by atoms with Crippen molar-refractivity contribution in [2.24, 2.45) is 52.3 Å². The van der Waals surface area contributed by atoms with Gasteiger partial charge in [-0.2, -0.15) is 0 Å². The van der Waals surface area contributed by atoms with Gasteiger partial charge in [-0.05, 0) is 113 Å². The summed E-state index contributed by atoms with van der Waals surface area (Å²) in [7, 11) is 0. The second kappa shape index (κ2) is 10.4. The first kappa shape index (κ1) is 28.4. The average molecular weight is 532 g/mol. The quantitative estimate of drug-likeness (QED) is 0.477. The van der Waals surface area contributed by atoms with Gasteiger partial charge in [0, 0.05) is 37.5 Å². The monoisotopic (exact) mass is 531 g/mol. The number of aliphatic hydroxyl groups is 2. The molecule has 5 unspecified atom stereocenters. The van der Waals surface area contributed by atoms with Gasteiger partial charge in [0.1, 0.15) is 11.4 Å². The molecule has 0 aromatic carbocycles. The van der Waals surface area contributed by atoms with E-state index in [2.05, 4.69) is 13.8 Å². The molecule has 1 amide bonds. The van der Waals surface area contributed by atoms with Crippen LogP contribution in [0.15, 0.2) is 0 Å². The number of piperidine rings is 1. The lowest BCUT2D eigenvalue weighted by Gasteiger charge is -2.64. The maximum Gasteiger partial charge on any atom is 0.410 e. The molecule has 5 aliphatic rings. The molecule has 4 saturated carbocycles. The number of hydrogen-bond acceptors (Lipinski definition) is 5. The van der Waals surface area contributed by atoms with Crippen LogP contribution < -0.4 is 0 Å². The first-order valence-electron chi connectivity index (χ1n) is 15.7. The molecule has 0 aromatic rings. The summed E-state index contributed by atoms with van der Waals surface area (Å²) in [5, 5.41) is 22.3. The van der Waals surface area contributed by atoms with Crippen LogP contribution in [0.5, 0.6) is 0 Å². The molecule has 216 valence electrons. The van der Waals surface area contributed by atoms with Gasteiger partial charge >= 0.3 is 6.09 Å². The number of carbonyl (C=O) groups excluding carboxylic acids is 2. The molecule has 5 rings (SSSR count). The molecular formula is C32H53NO5. The van der Waals surface area contributed by atoms with E-state index in [0.717, 1.165) is 51.6 Å². The summed E-state index contributed by atoms with van der Waals surface area (Å²) in [6, 6.07) is 0. The number of likely N-dealkylation sites (tertiary alicyclic amines) is 1. The third-order valence-electron chi connectivity index (χ3n) is 12.2. The van der Waals surface area contributed by atoms with Gasteiger partial charge in [-0.1, -0.05) is 26.7 Å². The molecule has 0 bridgehead atoms. The van der Waals surface area contributed by atoms with Crippen LogP contribution in [-0.4, -0.2) is 58.4 Å². The Morgan fingerprint density at radius 3 is 2.32 bits per heavy atom. The predicted molar refractivity (Wildman–Crippen MR) is 147 cm³/mol. The van der Waals surface area contributed by atoms with Gasteiger partial charge in [-0.15, -0.1) is 0 Å². The molecule has 0 radical (unpaired) electrons. The fourth-order valence-electron chi connectivity index (χ4n) is 10.0. The number of fused-ring (bicyclic) bond motifs is 5. The number of aliphatic hydroxyl groups excluding tert-OH is 2. The van der Waals surface area contributed by atoms with Crippen LogP contribution in [0.3, 0.4) is 0 Å². The smallest absolute Gasteiger partial charge is 0.410 e. The molecule has 2 N–H and O–H groups in total. The second-order valence-electron chi connectivity index (χ2n) is 15.3. The molecule has 0 aromatic heterocycles. The highest BCUT2D eigenvalue weighted by molar-refractivity contribution is 5.87. The van der Waals surface area contributed by atoms with Crippen LogP contribution in [0.4, 0.5) is 4.79 Å². The summed E-state index contributed by atoms with van der Waals surface area (Å²) in [6.07, 6.45) is 11.0. The highest BCUT2D eigenvalue weighted by atomic mass is 16.6. The molecule has 9 atom stereocenters. The molecule has 4 aliphatic carbocycles. The minimum atomic E-state index is -0.491. The Bertz CT molecular complexity index is 891. The summed E-state index contributed by atoms with van der Waals surface area (Å²) in [5.41, 5.74) is -0.560. The Morgan fingerprint density at radius 2 is 1.66 bits per heavy atom. The van der Waals surface area contributed by atoms with E-state index in [1.165, 1.54) is 25.7 Å². The van der Waals surface area contributed by atoms with Crippen molar-refractivity contribution in [2.45, 2.75) is 117 Å². The fraction of sp³-hybridized carbons (Fsp3) is 0.938. The third-order valence-corrected chi connectivity index (χ3v) is 12.2. The fourth-order valence-corrected chi connectivity index (χ4v) is 10.0. The number of ether oxygens (including phenoxy) is 1. The van der Waals surface area contributed by atoms with Crippen LogP contribution >= 0.6 is 0 Å². The second-order valence-corrected chi connectivity index (χ2v) is 15.3. The number of nitrogens with zero attached hydrogens (tertiary/aromatic N) is 1. The standard InChI is InChI=1S/C32H53NO5/c1-30(2,3)38-29(37)33-16-12-20(13-17-33)6-7-21-10-14-31(4)24-11-15-32(5)23(8-9-26(32)35)27(24)28(36)22(19-34)25(31)18-21/h20-25,27-28,34,36H,6-19H2,1-5H3/t21?,22-,23?,24?,25?,27?,28-,31-,32+/m1/s1. The summed E-state index contributed by atoms with van der Waals surface area (Å²) in [4.78, 5) is 27.1. The molecular weight excluding hydrogens is 478 g/mol. The van der Waals surface area contributed by atoms with Crippen molar-refractivity contribution >= 4 is 11.9 Å². The highest BCUT2D eigenvalue weighted by Gasteiger charge is 2.64. The molecule has 1 aliphatic heterocycles. The third kappa shape index (κ3) is 4.95. The number of amides is 1. The van der Waals surface area contributed by atoms with Crippen LogP contribution in [-0.2, 0) is 9.53 Å². The zero-order valence-electron chi connectivity index (χ0n) is 24.6. The molecule has 5 fully saturated rings. The summed E-state index contributed by atoms with van der Waals surface area (Å²) >= 11 is 0.